The monoisotopic (exact) mass is 468 g/mol. The maximum atomic E-state index is 5.84. The molecule has 0 heterocycles. The highest BCUT2D eigenvalue weighted by molar-refractivity contribution is 6.39. The third kappa shape index (κ3) is 8.12. The molecule has 0 radical (unpaired) electrons. The Bertz CT molecular complexity index is 966. The van der Waals surface area contributed by atoms with E-state index in [-0.39, 0.29) is 11.7 Å². The van der Waals surface area contributed by atoms with Crippen molar-refractivity contribution in [2.75, 3.05) is 26.4 Å². The predicted molar refractivity (Wildman–Crippen MR) is 136 cm³/mol. The van der Waals surface area contributed by atoms with Crippen LogP contribution in [0.25, 0.3) is 0 Å². The van der Waals surface area contributed by atoms with E-state index in [1.807, 2.05) is 52.0 Å². The van der Waals surface area contributed by atoms with Gasteiger partial charge in [0.25, 0.3) is 0 Å². The van der Waals surface area contributed by atoms with Crippen molar-refractivity contribution in [1.82, 2.24) is 0 Å². The molecule has 182 valence electrons. The fourth-order valence-electron chi connectivity index (χ4n) is 2.71. The molecule has 0 amide bonds. The molecule has 0 aromatic heterocycles. The van der Waals surface area contributed by atoms with Crippen LogP contribution in [0.2, 0.25) is 0 Å². The number of rotatable bonds is 12. The standard InChI is InChI=1S/C24H32N6O4/c1-5-31-19-11-9-17(13-21(19)33-7-3)15-27-29-23(25)24(26)30-28-16-18-10-12-20(32-6-2)22(14-18)34-8-4/h9-16H,5-8H2,1-4H3,(H2,25,29)(H2,26,30)/b27-15-,28-16+. The van der Waals surface area contributed by atoms with Gasteiger partial charge in [0.1, 0.15) is 0 Å². The Hall–Kier alpha value is -4.08. The fourth-order valence-corrected chi connectivity index (χ4v) is 2.71. The quantitative estimate of drug-likeness (QED) is 0.278. The van der Waals surface area contributed by atoms with E-state index in [0.717, 1.165) is 11.1 Å². The van der Waals surface area contributed by atoms with Gasteiger partial charge >= 0.3 is 0 Å². The van der Waals surface area contributed by atoms with E-state index < -0.39 is 0 Å². The van der Waals surface area contributed by atoms with Crippen molar-refractivity contribution >= 4 is 24.1 Å². The minimum atomic E-state index is -0.0638. The highest BCUT2D eigenvalue weighted by Crippen LogP contribution is 2.28. The van der Waals surface area contributed by atoms with Crippen LogP contribution in [0.3, 0.4) is 0 Å². The van der Waals surface area contributed by atoms with Crippen LogP contribution < -0.4 is 30.4 Å². The van der Waals surface area contributed by atoms with E-state index in [1.165, 1.54) is 12.4 Å². The molecular formula is C24H32N6O4. The molecule has 2 aromatic carbocycles. The Balaban J connectivity index is 2.07. The van der Waals surface area contributed by atoms with Crippen LogP contribution in [0.1, 0.15) is 38.8 Å². The lowest BCUT2D eigenvalue weighted by Crippen LogP contribution is -2.30. The van der Waals surface area contributed by atoms with Gasteiger partial charge in [-0.15, -0.1) is 10.2 Å². The van der Waals surface area contributed by atoms with Gasteiger partial charge in [-0.2, -0.15) is 10.2 Å². The van der Waals surface area contributed by atoms with Crippen LogP contribution in [0.4, 0.5) is 0 Å². The smallest absolute Gasteiger partial charge is 0.190 e. The van der Waals surface area contributed by atoms with E-state index in [9.17, 15) is 0 Å². The lowest BCUT2D eigenvalue weighted by atomic mass is 10.2. The average molecular weight is 469 g/mol. The number of benzene rings is 2. The predicted octanol–water partition coefficient (Wildman–Crippen LogP) is 3.36. The molecule has 0 aliphatic carbocycles. The number of amidine groups is 2. The summed E-state index contributed by atoms with van der Waals surface area (Å²) in [6.45, 7) is 9.75. The Morgan fingerprint density at radius 2 is 0.971 bits per heavy atom. The average Bonchev–Trinajstić information content (AvgIpc) is 2.82. The lowest BCUT2D eigenvalue weighted by Gasteiger charge is -2.10. The van der Waals surface area contributed by atoms with E-state index >= 15 is 0 Å². The summed E-state index contributed by atoms with van der Waals surface area (Å²) in [5.41, 5.74) is 13.2. The maximum absolute atomic E-state index is 5.84. The van der Waals surface area contributed by atoms with Crippen molar-refractivity contribution in [2.45, 2.75) is 27.7 Å². The van der Waals surface area contributed by atoms with E-state index in [1.54, 1.807) is 12.1 Å². The third-order valence-corrected chi connectivity index (χ3v) is 4.14. The van der Waals surface area contributed by atoms with Gasteiger partial charge in [-0.25, -0.2) is 0 Å². The molecule has 0 saturated heterocycles. The van der Waals surface area contributed by atoms with Crippen molar-refractivity contribution in [3.05, 3.63) is 47.5 Å². The zero-order valence-electron chi connectivity index (χ0n) is 20.0. The molecule has 0 aliphatic heterocycles. The van der Waals surface area contributed by atoms with Crippen LogP contribution >= 0.6 is 0 Å². The molecule has 10 nitrogen and oxygen atoms in total. The van der Waals surface area contributed by atoms with Gasteiger partial charge in [-0.05, 0) is 75.2 Å². The zero-order chi connectivity index (χ0) is 24.8. The van der Waals surface area contributed by atoms with Gasteiger partial charge in [0.05, 0.1) is 38.9 Å². The summed E-state index contributed by atoms with van der Waals surface area (Å²) >= 11 is 0. The van der Waals surface area contributed by atoms with Gasteiger partial charge < -0.3 is 30.4 Å². The summed E-state index contributed by atoms with van der Waals surface area (Å²) in [6.07, 6.45) is 3.05. The lowest BCUT2D eigenvalue weighted by molar-refractivity contribution is 0.288. The molecule has 34 heavy (non-hydrogen) atoms. The SMILES string of the molecule is CCOc1ccc(/C=N\N=C(N)C(N)=N/N=C/c2ccc(OCC)c(OCC)c2)cc1OCC. The van der Waals surface area contributed by atoms with Gasteiger partial charge in [-0.1, -0.05) is 0 Å². The van der Waals surface area contributed by atoms with Crippen LogP contribution in [-0.4, -0.2) is 50.5 Å². The van der Waals surface area contributed by atoms with Gasteiger partial charge in [0.2, 0.25) is 0 Å². The molecule has 0 bridgehead atoms. The zero-order valence-corrected chi connectivity index (χ0v) is 20.0. The third-order valence-electron chi connectivity index (χ3n) is 4.14. The first-order valence-corrected chi connectivity index (χ1v) is 11.0. The van der Waals surface area contributed by atoms with Gasteiger partial charge in [0, 0.05) is 0 Å². The van der Waals surface area contributed by atoms with E-state index in [0.29, 0.717) is 49.4 Å². The molecule has 0 atom stereocenters. The molecule has 2 aromatic rings. The normalized spacial score (nSPS) is 12.4. The summed E-state index contributed by atoms with van der Waals surface area (Å²) in [7, 11) is 0. The second kappa shape index (κ2) is 14.1. The summed E-state index contributed by atoms with van der Waals surface area (Å²) in [6, 6.07) is 10.9. The topological polar surface area (TPSA) is 138 Å². The Morgan fingerprint density at radius 3 is 1.32 bits per heavy atom. The second-order valence-electron chi connectivity index (χ2n) is 6.60. The summed E-state index contributed by atoms with van der Waals surface area (Å²) in [5, 5.41) is 15.7. The minimum Gasteiger partial charge on any atom is -0.490 e. The van der Waals surface area contributed by atoms with Crippen molar-refractivity contribution in [3.63, 3.8) is 0 Å². The van der Waals surface area contributed by atoms with E-state index in [2.05, 4.69) is 20.4 Å². The molecule has 0 fully saturated rings. The highest BCUT2D eigenvalue weighted by Gasteiger charge is 2.06. The first-order valence-electron chi connectivity index (χ1n) is 11.0. The fraction of sp³-hybridized carbons (Fsp3) is 0.333. The van der Waals surface area contributed by atoms with Crippen LogP contribution in [0, 0.1) is 0 Å². The summed E-state index contributed by atoms with van der Waals surface area (Å²) < 4.78 is 22.3. The molecule has 2 rings (SSSR count). The van der Waals surface area contributed by atoms with Crippen molar-refractivity contribution < 1.29 is 18.9 Å². The van der Waals surface area contributed by atoms with Crippen LogP contribution in [0.5, 0.6) is 23.0 Å². The largest absolute Gasteiger partial charge is 0.490 e. The highest BCUT2D eigenvalue weighted by atomic mass is 16.5. The second-order valence-corrected chi connectivity index (χ2v) is 6.60. The number of hydrogen-bond donors (Lipinski definition) is 2. The van der Waals surface area contributed by atoms with Crippen LogP contribution in [-0.2, 0) is 0 Å². The first kappa shape index (κ1) is 26.2. The number of nitrogens with two attached hydrogens (primary N) is 2. The van der Waals surface area contributed by atoms with Gasteiger partial charge in [-0.3, -0.25) is 0 Å². The minimum absolute atomic E-state index is 0.0638. The molecule has 0 spiro atoms. The van der Waals surface area contributed by atoms with Gasteiger partial charge in [0.15, 0.2) is 34.7 Å². The Labute approximate surface area is 200 Å². The Kier molecular flexibility index (Phi) is 10.9. The molecular weight excluding hydrogens is 436 g/mol. The van der Waals surface area contributed by atoms with Crippen molar-refractivity contribution in [3.8, 4) is 23.0 Å². The summed E-state index contributed by atoms with van der Waals surface area (Å²) in [5.74, 6) is 2.46. The number of hydrogen-bond acceptors (Lipinski definition) is 8. The van der Waals surface area contributed by atoms with Crippen molar-refractivity contribution in [1.29, 1.82) is 0 Å². The number of nitrogens with zero attached hydrogens (tertiary/aromatic N) is 4. The molecule has 10 heteroatoms. The van der Waals surface area contributed by atoms with Crippen LogP contribution in [0.15, 0.2) is 56.8 Å². The molecule has 4 N–H and O–H groups in total. The maximum Gasteiger partial charge on any atom is 0.190 e. The summed E-state index contributed by atoms with van der Waals surface area (Å²) in [4.78, 5) is 0. The number of ether oxygens (including phenoxy) is 4. The molecule has 0 saturated carbocycles. The molecule has 0 unspecified atom stereocenters. The van der Waals surface area contributed by atoms with Crippen molar-refractivity contribution in [2.24, 2.45) is 31.9 Å². The first-order chi connectivity index (χ1) is 16.5. The molecule has 0 aliphatic rings. The Morgan fingerprint density at radius 1 is 0.618 bits per heavy atom. The van der Waals surface area contributed by atoms with E-state index in [4.69, 9.17) is 30.4 Å².